The Kier molecular flexibility index (Phi) is 5.84. The predicted octanol–water partition coefficient (Wildman–Crippen LogP) is 2.87. The molecule has 0 bridgehead atoms. The van der Waals surface area contributed by atoms with Crippen LogP contribution < -0.4 is 5.32 Å². The third-order valence-electron chi connectivity index (χ3n) is 4.68. The van der Waals surface area contributed by atoms with Crippen molar-refractivity contribution >= 4 is 23.6 Å². The first-order valence-corrected chi connectivity index (χ1v) is 10.1. The highest BCUT2D eigenvalue weighted by Crippen LogP contribution is 2.28. The van der Waals surface area contributed by atoms with Gasteiger partial charge in [-0.3, -0.25) is 4.79 Å². The van der Waals surface area contributed by atoms with Gasteiger partial charge in [0, 0.05) is 24.2 Å². The number of aromatic nitrogens is 2. The molecule has 8 heteroatoms. The van der Waals surface area contributed by atoms with Crippen LogP contribution in [0.15, 0.2) is 28.8 Å². The first-order chi connectivity index (χ1) is 12.9. The van der Waals surface area contributed by atoms with Gasteiger partial charge in [-0.15, -0.1) is 0 Å². The molecule has 1 unspecified atom stereocenters. The van der Waals surface area contributed by atoms with Crippen LogP contribution in [0.1, 0.15) is 44.1 Å². The van der Waals surface area contributed by atoms with E-state index in [1.165, 1.54) is 17.3 Å². The zero-order chi connectivity index (χ0) is 19.4. The summed E-state index contributed by atoms with van der Waals surface area (Å²) in [6.45, 7) is 4.26. The molecule has 2 heterocycles. The molecule has 1 aromatic heterocycles. The lowest BCUT2D eigenvalue weighted by molar-refractivity contribution is -0.146. The topological polar surface area (TPSA) is 105 Å². The molecule has 1 amide bonds. The van der Waals surface area contributed by atoms with Gasteiger partial charge in [0.2, 0.25) is 17.6 Å². The summed E-state index contributed by atoms with van der Waals surface area (Å²) < 4.78 is 5.23. The molecule has 1 saturated heterocycles. The Labute approximate surface area is 161 Å². The lowest BCUT2D eigenvalue weighted by Gasteiger charge is -2.24. The van der Waals surface area contributed by atoms with Crippen LogP contribution in [0.5, 0.6) is 0 Å². The molecule has 2 aromatic rings. The minimum atomic E-state index is -1.15. The first kappa shape index (κ1) is 19.4. The number of carboxylic acids is 1. The Morgan fingerprint density at radius 1 is 1.33 bits per heavy atom. The van der Waals surface area contributed by atoms with Gasteiger partial charge in [0.25, 0.3) is 0 Å². The lowest BCUT2D eigenvalue weighted by atomic mass is 9.99. The van der Waals surface area contributed by atoms with Crippen molar-refractivity contribution in [3.63, 3.8) is 0 Å². The van der Waals surface area contributed by atoms with Gasteiger partial charge in [0.05, 0.1) is 0 Å². The Morgan fingerprint density at radius 2 is 2.07 bits per heavy atom. The van der Waals surface area contributed by atoms with E-state index < -0.39 is 11.5 Å². The van der Waals surface area contributed by atoms with E-state index in [4.69, 9.17) is 4.52 Å². The second-order valence-electron chi connectivity index (χ2n) is 7.03. The van der Waals surface area contributed by atoms with Crippen LogP contribution in [0.3, 0.4) is 0 Å². The van der Waals surface area contributed by atoms with Crippen molar-refractivity contribution in [1.82, 2.24) is 15.5 Å². The summed E-state index contributed by atoms with van der Waals surface area (Å²) in [7, 11) is 0. The smallest absolute Gasteiger partial charge is 0.330 e. The van der Waals surface area contributed by atoms with Crippen molar-refractivity contribution in [2.45, 2.75) is 44.6 Å². The summed E-state index contributed by atoms with van der Waals surface area (Å²) >= 11 is 1.53. The van der Waals surface area contributed by atoms with Gasteiger partial charge in [-0.1, -0.05) is 43.3 Å². The van der Waals surface area contributed by atoms with Crippen LogP contribution in [0.25, 0.3) is 11.4 Å². The minimum absolute atomic E-state index is 0.105. The molecule has 1 aliphatic rings. The summed E-state index contributed by atoms with van der Waals surface area (Å²) in [6.07, 6.45) is 0.815. The fraction of sp³-hybridized carbons (Fsp3) is 0.474. The molecule has 0 spiro atoms. The Morgan fingerprint density at radius 3 is 2.67 bits per heavy atom. The second-order valence-corrected chi connectivity index (χ2v) is 8.13. The molecule has 7 nitrogen and oxygen atoms in total. The summed E-state index contributed by atoms with van der Waals surface area (Å²) in [5.74, 6) is 1.12. The second kappa shape index (κ2) is 8.12. The molecule has 27 heavy (non-hydrogen) atoms. The number of carbonyl (C=O) groups excluding carboxylic acids is 1. The first-order valence-electron chi connectivity index (χ1n) is 8.95. The SMILES string of the molecule is CC(C)c1ccc(-c2noc(CCC(=O)NC3(C(=O)O)CCSC3)n2)cc1. The number of carboxylic acid groups (broad SMARTS) is 1. The zero-order valence-corrected chi connectivity index (χ0v) is 16.2. The van der Waals surface area contributed by atoms with Crippen LogP contribution in [0.4, 0.5) is 0 Å². The Hall–Kier alpha value is -2.35. The van der Waals surface area contributed by atoms with Gasteiger partial charge in [0.1, 0.15) is 5.54 Å². The number of benzene rings is 1. The fourth-order valence-electron chi connectivity index (χ4n) is 2.93. The predicted molar refractivity (Wildman–Crippen MR) is 103 cm³/mol. The maximum Gasteiger partial charge on any atom is 0.330 e. The highest BCUT2D eigenvalue weighted by atomic mass is 32.2. The molecular formula is C19H23N3O4S. The zero-order valence-electron chi connectivity index (χ0n) is 15.4. The Balaban J connectivity index is 1.58. The fourth-order valence-corrected chi connectivity index (χ4v) is 4.25. The summed E-state index contributed by atoms with van der Waals surface area (Å²) in [5, 5.41) is 16.0. The van der Waals surface area contributed by atoms with E-state index >= 15 is 0 Å². The lowest BCUT2D eigenvalue weighted by Crippen LogP contribution is -2.54. The minimum Gasteiger partial charge on any atom is -0.479 e. The standard InChI is InChI=1S/C19H23N3O4S/c1-12(2)13-3-5-14(6-4-13)17-20-16(26-22-17)8-7-15(23)21-19(18(24)25)9-10-27-11-19/h3-6,12H,7-11H2,1-2H3,(H,21,23)(H,24,25). The van der Waals surface area contributed by atoms with E-state index in [9.17, 15) is 14.7 Å². The molecule has 0 radical (unpaired) electrons. The third-order valence-corrected chi connectivity index (χ3v) is 5.87. The van der Waals surface area contributed by atoms with E-state index in [1.54, 1.807) is 0 Å². The number of carbonyl (C=O) groups is 2. The monoisotopic (exact) mass is 389 g/mol. The van der Waals surface area contributed by atoms with Gasteiger partial charge < -0.3 is 14.9 Å². The molecule has 1 aromatic carbocycles. The number of hydrogen-bond donors (Lipinski definition) is 2. The molecular weight excluding hydrogens is 366 g/mol. The summed E-state index contributed by atoms with van der Waals surface area (Å²) in [5.41, 5.74) is 0.933. The number of rotatable bonds is 7. The van der Waals surface area contributed by atoms with Crippen LogP contribution in [0, 0.1) is 0 Å². The summed E-state index contributed by atoms with van der Waals surface area (Å²) in [4.78, 5) is 28.0. The van der Waals surface area contributed by atoms with E-state index in [0.717, 1.165) is 11.3 Å². The van der Waals surface area contributed by atoms with Gasteiger partial charge in [-0.2, -0.15) is 16.7 Å². The summed E-state index contributed by atoms with van der Waals surface area (Å²) in [6, 6.07) is 7.97. The van der Waals surface area contributed by atoms with Gasteiger partial charge >= 0.3 is 5.97 Å². The van der Waals surface area contributed by atoms with Crippen LogP contribution in [-0.4, -0.2) is 44.2 Å². The number of nitrogens with zero attached hydrogens (tertiary/aromatic N) is 2. The average molecular weight is 389 g/mol. The Bertz CT molecular complexity index is 811. The number of thioether (sulfide) groups is 1. The molecule has 2 N–H and O–H groups in total. The molecule has 0 aliphatic carbocycles. The number of hydrogen-bond acceptors (Lipinski definition) is 6. The van der Waals surface area contributed by atoms with Crippen LogP contribution >= 0.6 is 11.8 Å². The van der Waals surface area contributed by atoms with Gasteiger partial charge in [-0.05, 0) is 23.7 Å². The maximum absolute atomic E-state index is 12.2. The van der Waals surface area contributed by atoms with Crippen molar-refractivity contribution in [3.05, 3.63) is 35.7 Å². The van der Waals surface area contributed by atoms with E-state index in [-0.39, 0.29) is 18.7 Å². The van der Waals surface area contributed by atoms with Gasteiger partial charge in [-0.25, -0.2) is 4.79 Å². The molecule has 144 valence electrons. The van der Waals surface area contributed by atoms with Crippen molar-refractivity contribution in [2.75, 3.05) is 11.5 Å². The van der Waals surface area contributed by atoms with Crippen LogP contribution in [-0.2, 0) is 16.0 Å². The number of aryl methyl sites for hydroxylation is 1. The van der Waals surface area contributed by atoms with Crippen molar-refractivity contribution in [3.8, 4) is 11.4 Å². The largest absolute Gasteiger partial charge is 0.479 e. The molecule has 1 atom stereocenters. The number of aliphatic carboxylic acids is 1. The third kappa shape index (κ3) is 4.50. The maximum atomic E-state index is 12.2. The molecule has 0 saturated carbocycles. The van der Waals surface area contributed by atoms with E-state index in [2.05, 4.69) is 29.3 Å². The quantitative estimate of drug-likeness (QED) is 0.750. The highest BCUT2D eigenvalue weighted by molar-refractivity contribution is 7.99. The number of amides is 1. The molecule has 1 fully saturated rings. The molecule has 3 rings (SSSR count). The van der Waals surface area contributed by atoms with E-state index in [1.807, 2.05) is 24.3 Å². The van der Waals surface area contributed by atoms with Crippen LogP contribution in [0.2, 0.25) is 0 Å². The van der Waals surface area contributed by atoms with Crippen molar-refractivity contribution in [2.24, 2.45) is 0 Å². The van der Waals surface area contributed by atoms with E-state index in [0.29, 0.717) is 29.8 Å². The highest BCUT2D eigenvalue weighted by Gasteiger charge is 2.43. The normalized spacial score (nSPS) is 19.4. The average Bonchev–Trinajstić information content (AvgIpc) is 3.30. The van der Waals surface area contributed by atoms with Gasteiger partial charge in [0.15, 0.2) is 0 Å². The van der Waals surface area contributed by atoms with Crippen molar-refractivity contribution < 1.29 is 19.2 Å². The molecule has 1 aliphatic heterocycles. The van der Waals surface area contributed by atoms with Crippen molar-refractivity contribution in [1.29, 1.82) is 0 Å². The number of nitrogens with one attached hydrogen (secondary N) is 1.